The van der Waals surface area contributed by atoms with Gasteiger partial charge in [0.2, 0.25) is 0 Å². The van der Waals surface area contributed by atoms with Crippen LogP contribution in [0.5, 0.6) is 11.5 Å². The van der Waals surface area contributed by atoms with E-state index in [0.717, 1.165) is 28.1 Å². The molecule has 1 atom stereocenters. The van der Waals surface area contributed by atoms with Crippen molar-refractivity contribution in [3.8, 4) is 11.5 Å². The fraction of sp³-hybridized carbons (Fsp3) is 0.533. The van der Waals surface area contributed by atoms with Crippen LogP contribution in [0, 0.1) is 5.41 Å². The van der Waals surface area contributed by atoms with Crippen LogP contribution in [0.4, 0.5) is 0 Å². The third kappa shape index (κ3) is 3.32. The first kappa shape index (κ1) is 16.1. The maximum absolute atomic E-state index is 11.3. The van der Waals surface area contributed by atoms with Crippen molar-refractivity contribution < 1.29 is 19.4 Å². The van der Waals surface area contributed by atoms with E-state index in [4.69, 9.17) is 9.47 Å². The topological polar surface area (TPSA) is 59.0 Å². The van der Waals surface area contributed by atoms with Gasteiger partial charge < -0.3 is 14.6 Å². The van der Waals surface area contributed by atoms with Gasteiger partial charge in [0.25, 0.3) is 0 Å². The fourth-order valence-electron chi connectivity index (χ4n) is 2.65. The lowest BCUT2D eigenvalue weighted by Crippen LogP contribution is -2.31. The number of methoxy groups -OCH3 is 2. The summed E-state index contributed by atoms with van der Waals surface area (Å²) in [4.78, 5) is 13.5. The summed E-state index contributed by atoms with van der Waals surface area (Å²) in [5, 5.41) is 9.30. The minimum atomic E-state index is -0.731. The van der Waals surface area contributed by atoms with Crippen LogP contribution >= 0.6 is 15.9 Å². The Bertz CT molecular complexity index is 549. The summed E-state index contributed by atoms with van der Waals surface area (Å²) in [5.41, 5.74) is 0.333. The molecule has 1 aromatic rings. The van der Waals surface area contributed by atoms with Gasteiger partial charge in [-0.05, 0) is 48.0 Å². The number of hydrogen-bond acceptors (Lipinski definition) is 4. The average Bonchev–Trinajstić information content (AvgIpc) is 2.83. The molecular weight excluding hydrogens is 338 g/mol. The van der Waals surface area contributed by atoms with E-state index in [1.807, 2.05) is 12.1 Å². The van der Waals surface area contributed by atoms with E-state index in [-0.39, 0.29) is 0 Å². The summed E-state index contributed by atoms with van der Waals surface area (Å²) < 4.78 is 11.6. The summed E-state index contributed by atoms with van der Waals surface area (Å²) >= 11 is 3.44. The van der Waals surface area contributed by atoms with Crippen LogP contribution in [-0.2, 0) is 11.3 Å². The first-order valence-corrected chi connectivity index (χ1v) is 7.55. The number of carboxylic acid groups (broad SMARTS) is 1. The van der Waals surface area contributed by atoms with Gasteiger partial charge in [0.15, 0.2) is 0 Å². The molecule has 5 nitrogen and oxygen atoms in total. The standard InChI is InChI=1S/C15H20BrNO4/c1-15(14(18)19)4-5-17(9-15)8-10-6-13(21-3)11(16)7-12(10)20-2/h6-7H,4-5,8-9H2,1-3H3,(H,18,19). The molecule has 2 rings (SSSR count). The second kappa shape index (κ2) is 6.23. The van der Waals surface area contributed by atoms with Crippen molar-refractivity contribution in [2.75, 3.05) is 27.3 Å². The zero-order chi connectivity index (χ0) is 15.6. The molecule has 0 aliphatic carbocycles. The highest BCUT2D eigenvalue weighted by atomic mass is 79.9. The van der Waals surface area contributed by atoms with E-state index in [1.54, 1.807) is 21.1 Å². The van der Waals surface area contributed by atoms with Crippen LogP contribution in [-0.4, -0.2) is 43.3 Å². The largest absolute Gasteiger partial charge is 0.496 e. The third-order valence-corrected chi connectivity index (χ3v) is 4.64. The molecule has 1 aromatic carbocycles. The summed E-state index contributed by atoms with van der Waals surface area (Å²) in [6.45, 7) is 3.76. The van der Waals surface area contributed by atoms with Gasteiger partial charge in [-0.3, -0.25) is 9.69 Å². The van der Waals surface area contributed by atoms with Crippen LogP contribution in [0.3, 0.4) is 0 Å². The smallest absolute Gasteiger partial charge is 0.310 e. The minimum absolute atomic E-state index is 0.546. The number of nitrogens with zero attached hydrogens (tertiary/aromatic N) is 1. The molecule has 0 spiro atoms. The highest BCUT2D eigenvalue weighted by molar-refractivity contribution is 9.10. The van der Waals surface area contributed by atoms with Gasteiger partial charge in [0.1, 0.15) is 11.5 Å². The van der Waals surface area contributed by atoms with Crippen LogP contribution in [0.25, 0.3) is 0 Å². The molecule has 116 valence electrons. The van der Waals surface area contributed by atoms with E-state index < -0.39 is 11.4 Å². The predicted octanol–water partition coefficient (Wildman–Crippen LogP) is 2.76. The number of ether oxygens (including phenoxy) is 2. The Morgan fingerprint density at radius 3 is 2.57 bits per heavy atom. The van der Waals surface area contributed by atoms with Gasteiger partial charge in [-0.1, -0.05) is 0 Å². The molecule has 0 saturated carbocycles. The van der Waals surface area contributed by atoms with Crippen molar-refractivity contribution >= 4 is 21.9 Å². The molecule has 1 aliphatic rings. The van der Waals surface area contributed by atoms with Crippen molar-refractivity contribution in [2.45, 2.75) is 19.9 Å². The maximum atomic E-state index is 11.3. The Hall–Kier alpha value is -1.27. The lowest BCUT2D eigenvalue weighted by Gasteiger charge is -2.21. The molecule has 1 N–H and O–H groups in total. The first-order valence-electron chi connectivity index (χ1n) is 6.76. The van der Waals surface area contributed by atoms with Gasteiger partial charge in [0, 0.05) is 18.7 Å². The molecular formula is C15H20BrNO4. The molecule has 21 heavy (non-hydrogen) atoms. The number of carbonyl (C=O) groups is 1. The second-order valence-electron chi connectivity index (χ2n) is 5.63. The van der Waals surface area contributed by atoms with E-state index in [0.29, 0.717) is 19.5 Å². The Labute approximate surface area is 133 Å². The summed E-state index contributed by atoms with van der Waals surface area (Å²) in [5.74, 6) is 0.781. The molecule has 1 aliphatic heterocycles. The second-order valence-corrected chi connectivity index (χ2v) is 6.48. The molecule has 1 heterocycles. The number of carboxylic acids is 1. The van der Waals surface area contributed by atoms with Crippen LogP contribution in [0.2, 0.25) is 0 Å². The van der Waals surface area contributed by atoms with Crippen molar-refractivity contribution in [1.29, 1.82) is 0 Å². The highest BCUT2D eigenvalue weighted by Crippen LogP contribution is 2.36. The van der Waals surface area contributed by atoms with Gasteiger partial charge >= 0.3 is 5.97 Å². The number of halogens is 1. The molecule has 0 aromatic heterocycles. The van der Waals surface area contributed by atoms with Gasteiger partial charge in [-0.15, -0.1) is 0 Å². The molecule has 0 bridgehead atoms. The quantitative estimate of drug-likeness (QED) is 0.877. The molecule has 0 radical (unpaired) electrons. The Morgan fingerprint density at radius 2 is 2.05 bits per heavy atom. The van der Waals surface area contributed by atoms with Gasteiger partial charge in [-0.2, -0.15) is 0 Å². The van der Waals surface area contributed by atoms with Gasteiger partial charge in [-0.25, -0.2) is 0 Å². The highest BCUT2D eigenvalue weighted by Gasteiger charge is 2.40. The van der Waals surface area contributed by atoms with E-state index in [1.165, 1.54) is 0 Å². The molecule has 1 unspecified atom stereocenters. The Morgan fingerprint density at radius 1 is 1.38 bits per heavy atom. The zero-order valence-corrected chi connectivity index (χ0v) is 14.1. The third-order valence-electron chi connectivity index (χ3n) is 4.02. The number of rotatable bonds is 5. The number of hydrogen-bond donors (Lipinski definition) is 1. The van der Waals surface area contributed by atoms with Crippen LogP contribution in [0.1, 0.15) is 18.9 Å². The SMILES string of the molecule is COc1cc(CN2CCC(C)(C(=O)O)C2)c(OC)cc1Br. The van der Waals surface area contributed by atoms with Crippen molar-refractivity contribution in [3.63, 3.8) is 0 Å². The number of likely N-dealkylation sites (tertiary alicyclic amines) is 1. The Kier molecular flexibility index (Phi) is 4.78. The molecule has 1 fully saturated rings. The lowest BCUT2D eigenvalue weighted by atomic mass is 9.90. The summed E-state index contributed by atoms with van der Waals surface area (Å²) in [6.07, 6.45) is 0.665. The van der Waals surface area contributed by atoms with Gasteiger partial charge in [0.05, 0.1) is 24.1 Å². The normalized spacial score (nSPS) is 22.3. The summed E-state index contributed by atoms with van der Waals surface area (Å²) in [6, 6.07) is 3.81. The summed E-state index contributed by atoms with van der Waals surface area (Å²) in [7, 11) is 3.25. The van der Waals surface area contributed by atoms with Crippen LogP contribution < -0.4 is 9.47 Å². The Balaban J connectivity index is 2.18. The molecule has 6 heteroatoms. The fourth-order valence-corrected chi connectivity index (χ4v) is 3.14. The van der Waals surface area contributed by atoms with Crippen molar-refractivity contribution in [2.24, 2.45) is 5.41 Å². The van der Waals surface area contributed by atoms with Crippen molar-refractivity contribution in [1.82, 2.24) is 4.90 Å². The molecule has 0 amide bonds. The lowest BCUT2D eigenvalue weighted by molar-refractivity contribution is -0.147. The van der Waals surface area contributed by atoms with E-state index in [9.17, 15) is 9.90 Å². The van der Waals surface area contributed by atoms with E-state index in [2.05, 4.69) is 20.8 Å². The number of aliphatic carboxylic acids is 1. The monoisotopic (exact) mass is 357 g/mol. The maximum Gasteiger partial charge on any atom is 0.310 e. The zero-order valence-electron chi connectivity index (χ0n) is 12.5. The predicted molar refractivity (Wildman–Crippen MR) is 82.9 cm³/mol. The van der Waals surface area contributed by atoms with Crippen molar-refractivity contribution in [3.05, 3.63) is 22.2 Å². The minimum Gasteiger partial charge on any atom is -0.496 e. The van der Waals surface area contributed by atoms with Crippen LogP contribution in [0.15, 0.2) is 16.6 Å². The average molecular weight is 358 g/mol. The van der Waals surface area contributed by atoms with E-state index >= 15 is 0 Å². The molecule has 1 saturated heterocycles. The first-order chi connectivity index (χ1) is 9.89. The number of benzene rings is 1.